The van der Waals surface area contributed by atoms with Gasteiger partial charge in [-0.2, -0.15) is 4.31 Å². The number of thiophene rings is 1. The molecule has 4 heterocycles. The molecule has 1 N–H and O–H groups in total. The van der Waals surface area contributed by atoms with E-state index in [1.54, 1.807) is 28.0 Å². The Morgan fingerprint density at radius 3 is 3.00 bits per heavy atom. The van der Waals surface area contributed by atoms with Gasteiger partial charge in [0.25, 0.3) is 10.0 Å². The predicted molar refractivity (Wildman–Crippen MR) is 85.3 cm³/mol. The fourth-order valence-corrected chi connectivity index (χ4v) is 6.02. The molecule has 0 aromatic carbocycles. The van der Waals surface area contributed by atoms with E-state index < -0.39 is 10.0 Å². The van der Waals surface area contributed by atoms with Crippen molar-refractivity contribution < 1.29 is 8.42 Å². The van der Waals surface area contributed by atoms with Crippen LogP contribution in [0.25, 0.3) is 0 Å². The number of sulfonamides is 1. The van der Waals surface area contributed by atoms with Crippen LogP contribution in [0.2, 0.25) is 0 Å². The molecule has 7 heteroatoms. The molecule has 2 aliphatic heterocycles. The molecule has 1 fully saturated rings. The van der Waals surface area contributed by atoms with Crippen LogP contribution in [0.5, 0.6) is 0 Å². The van der Waals surface area contributed by atoms with Crippen LogP contribution in [0.3, 0.4) is 0 Å². The minimum Gasteiger partial charge on any atom is -0.316 e. The summed E-state index contributed by atoms with van der Waals surface area (Å²) in [6.07, 6.45) is 1.80. The summed E-state index contributed by atoms with van der Waals surface area (Å²) in [7, 11) is -3.43. The van der Waals surface area contributed by atoms with E-state index in [0.717, 1.165) is 24.3 Å². The van der Waals surface area contributed by atoms with Gasteiger partial charge in [-0.1, -0.05) is 12.1 Å². The summed E-state index contributed by atoms with van der Waals surface area (Å²) in [6.45, 7) is 2.68. The first kappa shape index (κ1) is 14.3. The third-order valence-corrected chi connectivity index (χ3v) is 7.68. The second-order valence-electron chi connectivity index (χ2n) is 5.80. The third kappa shape index (κ3) is 2.28. The molecule has 2 aromatic rings. The van der Waals surface area contributed by atoms with Crippen LogP contribution in [-0.4, -0.2) is 37.3 Å². The van der Waals surface area contributed by atoms with Crippen LogP contribution in [0.15, 0.2) is 40.1 Å². The molecule has 2 aliphatic rings. The van der Waals surface area contributed by atoms with Crippen molar-refractivity contribution in [2.75, 3.05) is 19.6 Å². The molecule has 1 unspecified atom stereocenters. The first-order valence-electron chi connectivity index (χ1n) is 7.34. The van der Waals surface area contributed by atoms with Crippen molar-refractivity contribution >= 4 is 21.4 Å². The van der Waals surface area contributed by atoms with Gasteiger partial charge in [-0.05, 0) is 35.5 Å². The topological polar surface area (TPSA) is 62.3 Å². The van der Waals surface area contributed by atoms with Crippen LogP contribution < -0.4 is 5.32 Å². The Hall–Kier alpha value is -1.28. The lowest BCUT2D eigenvalue weighted by Crippen LogP contribution is -2.34. The second kappa shape index (κ2) is 5.42. The fourth-order valence-electron chi connectivity index (χ4n) is 3.40. The molecule has 5 nitrogen and oxygen atoms in total. The van der Waals surface area contributed by atoms with Gasteiger partial charge in [0.15, 0.2) is 0 Å². The third-order valence-electron chi connectivity index (χ3n) is 4.49. The molecule has 0 amide bonds. The number of pyridine rings is 1. The molecule has 2 atom stereocenters. The number of aromatic nitrogens is 1. The summed E-state index contributed by atoms with van der Waals surface area (Å²) in [5.74, 6) is 0.589. The number of fused-ring (bicyclic) bond motifs is 3. The summed E-state index contributed by atoms with van der Waals surface area (Å²) < 4.78 is 27.8. The van der Waals surface area contributed by atoms with E-state index in [9.17, 15) is 8.42 Å². The number of nitrogens with one attached hydrogen (secondary N) is 1. The lowest BCUT2D eigenvalue weighted by atomic mass is 9.91. The molecular weight excluding hydrogens is 318 g/mol. The Morgan fingerprint density at radius 1 is 1.27 bits per heavy atom. The Bertz CT molecular complexity index is 774. The first-order valence-corrected chi connectivity index (χ1v) is 9.66. The van der Waals surface area contributed by atoms with Gasteiger partial charge in [0, 0.05) is 37.4 Å². The average Bonchev–Trinajstić information content (AvgIpc) is 3.17. The lowest BCUT2D eigenvalue weighted by molar-refractivity contribution is 0.350. The minimum atomic E-state index is -3.43. The quantitative estimate of drug-likeness (QED) is 0.906. The molecule has 116 valence electrons. The normalized spacial score (nSPS) is 25.5. The highest BCUT2D eigenvalue weighted by Crippen LogP contribution is 2.35. The van der Waals surface area contributed by atoms with E-state index in [-0.39, 0.29) is 5.92 Å². The average molecular weight is 335 g/mol. The van der Waals surface area contributed by atoms with Gasteiger partial charge in [-0.25, -0.2) is 8.42 Å². The number of hydrogen-bond donors (Lipinski definition) is 1. The van der Waals surface area contributed by atoms with E-state index in [4.69, 9.17) is 0 Å². The van der Waals surface area contributed by atoms with E-state index in [0.29, 0.717) is 23.2 Å². The second-order valence-corrected chi connectivity index (χ2v) is 8.91. The Labute approximate surface area is 134 Å². The molecule has 0 bridgehead atoms. The Morgan fingerprint density at radius 2 is 2.18 bits per heavy atom. The van der Waals surface area contributed by atoms with Crippen molar-refractivity contribution in [3.05, 3.63) is 47.1 Å². The van der Waals surface area contributed by atoms with Gasteiger partial charge >= 0.3 is 0 Å². The van der Waals surface area contributed by atoms with Gasteiger partial charge in [-0.15, -0.1) is 11.3 Å². The van der Waals surface area contributed by atoms with Crippen LogP contribution in [0.1, 0.15) is 17.2 Å². The summed E-state index contributed by atoms with van der Waals surface area (Å²) in [6, 6.07) is 7.35. The van der Waals surface area contributed by atoms with Crippen molar-refractivity contribution in [3.63, 3.8) is 0 Å². The van der Waals surface area contributed by atoms with Crippen molar-refractivity contribution in [1.82, 2.24) is 14.6 Å². The maximum absolute atomic E-state index is 12.9. The maximum Gasteiger partial charge on any atom is 0.252 e. The van der Waals surface area contributed by atoms with Gasteiger partial charge in [0.1, 0.15) is 4.21 Å². The standard InChI is InChI=1S/C15H17N3O2S2/c19-22(20,14-4-2-6-21-14)18-9-11-3-1-5-17-15(11)13-8-16-7-12(13)10-18/h1-6,12-13,16H,7-10H2/t12?,13-/m1/s1. The molecular formula is C15H17N3O2S2. The molecule has 1 saturated heterocycles. The summed E-state index contributed by atoms with van der Waals surface area (Å²) in [5.41, 5.74) is 2.08. The van der Waals surface area contributed by atoms with Gasteiger partial charge in [0.2, 0.25) is 0 Å². The molecule has 0 radical (unpaired) electrons. The highest BCUT2D eigenvalue weighted by Gasteiger charge is 2.39. The van der Waals surface area contributed by atoms with Crippen molar-refractivity contribution in [2.24, 2.45) is 5.92 Å². The van der Waals surface area contributed by atoms with Crippen molar-refractivity contribution in [2.45, 2.75) is 16.7 Å². The van der Waals surface area contributed by atoms with Gasteiger partial charge < -0.3 is 5.32 Å². The van der Waals surface area contributed by atoms with Gasteiger partial charge in [0.05, 0.1) is 0 Å². The lowest BCUT2D eigenvalue weighted by Gasteiger charge is -2.22. The largest absolute Gasteiger partial charge is 0.316 e. The molecule has 22 heavy (non-hydrogen) atoms. The van der Waals surface area contributed by atoms with Crippen molar-refractivity contribution in [1.29, 1.82) is 0 Å². The number of rotatable bonds is 2. The monoisotopic (exact) mass is 335 g/mol. The highest BCUT2D eigenvalue weighted by atomic mass is 32.2. The molecule has 0 spiro atoms. The maximum atomic E-state index is 12.9. The Kier molecular flexibility index (Phi) is 3.53. The van der Waals surface area contributed by atoms with Crippen LogP contribution in [-0.2, 0) is 16.6 Å². The van der Waals surface area contributed by atoms with E-state index >= 15 is 0 Å². The zero-order chi connectivity index (χ0) is 15.2. The zero-order valence-corrected chi connectivity index (χ0v) is 13.6. The van der Waals surface area contributed by atoms with E-state index in [2.05, 4.69) is 10.3 Å². The molecule has 4 rings (SSSR count). The predicted octanol–water partition coefficient (Wildman–Crippen LogP) is 1.65. The van der Waals surface area contributed by atoms with Crippen LogP contribution in [0.4, 0.5) is 0 Å². The number of hydrogen-bond acceptors (Lipinski definition) is 5. The van der Waals surface area contributed by atoms with Crippen LogP contribution >= 0.6 is 11.3 Å². The number of nitrogens with zero attached hydrogens (tertiary/aromatic N) is 2. The summed E-state index contributed by atoms with van der Waals surface area (Å²) in [4.78, 5) is 4.54. The minimum absolute atomic E-state index is 0.283. The smallest absolute Gasteiger partial charge is 0.252 e. The molecule has 0 aliphatic carbocycles. The van der Waals surface area contributed by atoms with Gasteiger partial charge in [-0.3, -0.25) is 4.98 Å². The van der Waals surface area contributed by atoms with Crippen molar-refractivity contribution in [3.8, 4) is 0 Å². The molecule has 0 saturated carbocycles. The Balaban J connectivity index is 1.77. The zero-order valence-electron chi connectivity index (χ0n) is 12.0. The van der Waals surface area contributed by atoms with Crippen LogP contribution in [0, 0.1) is 5.92 Å². The fraction of sp³-hybridized carbons (Fsp3) is 0.400. The highest BCUT2D eigenvalue weighted by molar-refractivity contribution is 7.91. The van der Waals surface area contributed by atoms with E-state index in [1.165, 1.54) is 11.3 Å². The SMILES string of the molecule is O=S(=O)(c1cccs1)N1Cc2cccnc2[C@@H]2CNCC2C1. The summed E-state index contributed by atoms with van der Waals surface area (Å²) >= 11 is 1.28. The molecule has 2 aromatic heterocycles. The first-order chi connectivity index (χ1) is 10.7. The summed E-state index contributed by atoms with van der Waals surface area (Å²) in [5, 5.41) is 5.19. The van der Waals surface area contributed by atoms with E-state index in [1.807, 2.05) is 12.1 Å².